The predicted octanol–water partition coefficient (Wildman–Crippen LogP) is 3.61. The first-order chi connectivity index (χ1) is 13.2. The van der Waals surface area contributed by atoms with E-state index >= 15 is 0 Å². The quantitative estimate of drug-likeness (QED) is 0.858. The topological polar surface area (TPSA) is 58.6 Å². The van der Waals surface area contributed by atoms with Gasteiger partial charge in [-0.1, -0.05) is 42.5 Å². The van der Waals surface area contributed by atoms with Gasteiger partial charge < -0.3 is 15.0 Å². The number of nitrogens with zero attached hydrogens (tertiary/aromatic N) is 1. The van der Waals surface area contributed by atoms with Gasteiger partial charge in [-0.25, -0.2) is 0 Å². The molecule has 5 nitrogen and oxygen atoms in total. The number of nitrogens with one attached hydrogen (secondary N) is 1. The fourth-order valence-electron chi connectivity index (χ4n) is 3.90. The lowest BCUT2D eigenvalue weighted by molar-refractivity contribution is -0.136. The molecule has 2 heterocycles. The van der Waals surface area contributed by atoms with Crippen LogP contribution >= 0.6 is 11.8 Å². The third-order valence-corrected chi connectivity index (χ3v) is 6.70. The van der Waals surface area contributed by atoms with E-state index in [2.05, 4.69) is 5.32 Å². The van der Waals surface area contributed by atoms with Crippen molar-refractivity contribution in [3.05, 3.63) is 60.2 Å². The molecule has 0 aliphatic carbocycles. The Morgan fingerprint density at radius 3 is 2.74 bits per heavy atom. The highest BCUT2D eigenvalue weighted by molar-refractivity contribution is 8.00. The summed E-state index contributed by atoms with van der Waals surface area (Å²) in [5.74, 6) is 1.11. The molecule has 4 rings (SSSR count). The molecule has 2 fully saturated rings. The van der Waals surface area contributed by atoms with Gasteiger partial charge in [-0.3, -0.25) is 9.59 Å². The van der Waals surface area contributed by atoms with E-state index in [0.29, 0.717) is 30.2 Å². The smallest absolute Gasteiger partial charge is 0.248 e. The van der Waals surface area contributed by atoms with Gasteiger partial charge in [-0.2, -0.15) is 0 Å². The molecule has 27 heavy (non-hydrogen) atoms. The predicted molar refractivity (Wildman–Crippen MR) is 107 cm³/mol. The second kappa shape index (κ2) is 7.27. The molecule has 2 aliphatic rings. The van der Waals surface area contributed by atoms with Crippen molar-refractivity contribution in [1.82, 2.24) is 4.90 Å². The maximum Gasteiger partial charge on any atom is 0.248 e. The Morgan fingerprint density at radius 2 is 1.96 bits per heavy atom. The number of fused-ring (bicyclic) bond motifs is 1. The van der Waals surface area contributed by atoms with Crippen LogP contribution in [0.4, 0.5) is 5.69 Å². The first-order valence-electron chi connectivity index (χ1n) is 9.20. The maximum atomic E-state index is 13.1. The van der Waals surface area contributed by atoms with Crippen LogP contribution in [0.25, 0.3) is 0 Å². The summed E-state index contributed by atoms with van der Waals surface area (Å²) in [5, 5.41) is 2.97. The minimum atomic E-state index is -0.486. The monoisotopic (exact) mass is 382 g/mol. The fourth-order valence-corrected chi connectivity index (χ4v) is 5.55. The molecule has 2 aliphatic heterocycles. The molecule has 0 unspecified atom stereocenters. The van der Waals surface area contributed by atoms with Crippen LogP contribution in [0.3, 0.4) is 0 Å². The lowest BCUT2D eigenvalue weighted by Crippen LogP contribution is -2.48. The van der Waals surface area contributed by atoms with E-state index < -0.39 is 10.9 Å². The summed E-state index contributed by atoms with van der Waals surface area (Å²) >= 11 is 1.69. The number of ether oxygens (including phenoxy) is 1. The number of rotatable bonds is 5. The van der Waals surface area contributed by atoms with E-state index in [-0.39, 0.29) is 11.8 Å². The van der Waals surface area contributed by atoms with Crippen molar-refractivity contribution in [2.45, 2.75) is 30.7 Å². The van der Waals surface area contributed by atoms with Gasteiger partial charge in [0.1, 0.15) is 16.7 Å². The van der Waals surface area contributed by atoms with Crippen LogP contribution in [0.15, 0.2) is 54.6 Å². The molecule has 2 saturated heterocycles. The van der Waals surface area contributed by atoms with Gasteiger partial charge in [0, 0.05) is 12.2 Å². The molecule has 0 spiro atoms. The van der Waals surface area contributed by atoms with Gasteiger partial charge in [-0.05, 0) is 31.0 Å². The summed E-state index contributed by atoms with van der Waals surface area (Å²) in [6, 6.07) is 16.9. The number of hydrogen-bond acceptors (Lipinski definition) is 4. The normalized spacial score (nSPS) is 24.0. The van der Waals surface area contributed by atoms with E-state index in [1.54, 1.807) is 16.7 Å². The van der Waals surface area contributed by atoms with Gasteiger partial charge >= 0.3 is 0 Å². The van der Waals surface area contributed by atoms with Crippen LogP contribution in [0.2, 0.25) is 0 Å². The van der Waals surface area contributed by atoms with Crippen LogP contribution in [0.5, 0.6) is 5.75 Å². The SMILES string of the molecule is CCOc1ccccc1NC(=O)[C@H]1CS[C@@]2(c3ccccc3)CCC(=O)N12. The van der Waals surface area contributed by atoms with Crippen molar-refractivity contribution in [3.63, 3.8) is 0 Å². The zero-order valence-electron chi connectivity index (χ0n) is 15.2. The molecule has 2 aromatic carbocycles. The van der Waals surface area contributed by atoms with Crippen LogP contribution in [-0.2, 0) is 14.5 Å². The van der Waals surface area contributed by atoms with Gasteiger partial charge in [-0.15, -0.1) is 11.8 Å². The minimum Gasteiger partial charge on any atom is -0.492 e. The summed E-state index contributed by atoms with van der Waals surface area (Å²) in [7, 11) is 0. The van der Waals surface area contributed by atoms with Crippen molar-refractivity contribution in [2.24, 2.45) is 0 Å². The summed E-state index contributed by atoms with van der Waals surface area (Å²) in [5.41, 5.74) is 1.73. The highest BCUT2D eigenvalue weighted by atomic mass is 32.2. The molecule has 0 radical (unpaired) electrons. The van der Waals surface area contributed by atoms with Gasteiger partial charge in [0.15, 0.2) is 0 Å². The average Bonchev–Trinajstić information content (AvgIpc) is 3.24. The highest BCUT2D eigenvalue weighted by Gasteiger charge is 2.56. The van der Waals surface area contributed by atoms with E-state index in [9.17, 15) is 9.59 Å². The summed E-state index contributed by atoms with van der Waals surface area (Å²) in [6.07, 6.45) is 1.21. The Bertz CT molecular complexity index is 858. The zero-order valence-corrected chi connectivity index (χ0v) is 16.0. The molecule has 6 heteroatoms. The molecule has 0 bridgehead atoms. The lowest BCUT2D eigenvalue weighted by atomic mass is 10.0. The number of carbonyl (C=O) groups is 2. The molecule has 0 aromatic heterocycles. The lowest BCUT2D eigenvalue weighted by Gasteiger charge is -2.34. The van der Waals surface area contributed by atoms with Crippen molar-refractivity contribution < 1.29 is 14.3 Å². The average molecular weight is 382 g/mol. The zero-order chi connectivity index (χ0) is 18.9. The van der Waals surface area contributed by atoms with Crippen LogP contribution in [0.1, 0.15) is 25.3 Å². The van der Waals surface area contributed by atoms with Crippen LogP contribution in [0, 0.1) is 0 Å². The van der Waals surface area contributed by atoms with E-state index in [4.69, 9.17) is 4.74 Å². The van der Waals surface area contributed by atoms with Crippen molar-refractivity contribution in [3.8, 4) is 5.75 Å². The first kappa shape index (κ1) is 17.9. The molecule has 2 atom stereocenters. The largest absolute Gasteiger partial charge is 0.492 e. The van der Waals surface area contributed by atoms with E-state index in [1.807, 2.05) is 61.5 Å². The second-order valence-corrected chi connectivity index (χ2v) is 7.96. The highest BCUT2D eigenvalue weighted by Crippen LogP contribution is 2.54. The Hall–Kier alpha value is -2.47. The number of benzene rings is 2. The molecule has 2 aromatic rings. The van der Waals surface area contributed by atoms with Gasteiger partial charge in [0.25, 0.3) is 0 Å². The number of anilines is 1. The maximum absolute atomic E-state index is 13.1. The van der Waals surface area contributed by atoms with Crippen LogP contribution in [-0.4, -0.2) is 35.1 Å². The Labute approximate surface area is 163 Å². The summed E-state index contributed by atoms with van der Waals surface area (Å²) in [6.45, 7) is 2.43. The van der Waals surface area contributed by atoms with Gasteiger partial charge in [0.2, 0.25) is 11.8 Å². The molecule has 140 valence electrons. The number of para-hydroxylation sites is 2. The van der Waals surface area contributed by atoms with Crippen LogP contribution < -0.4 is 10.1 Å². The summed E-state index contributed by atoms with van der Waals surface area (Å²) < 4.78 is 5.60. The van der Waals surface area contributed by atoms with Gasteiger partial charge in [0.05, 0.1) is 12.3 Å². The number of carbonyl (C=O) groups excluding carboxylic acids is 2. The Balaban J connectivity index is 1.60. The third kappa shape index (κ3) is 3.08. The molecule has 0 saturated carbocycles. The molecule has 1 N–H and O–H groups in total. The first-order valence-corrected chi connectivity index (χ1v) is 10.2. The minimum absolute atomic E-state index is 0.0436. The molecule has 2 amide bonds. The Morgan fingerprint density at radius 1 is 1.22 bits per heavy atom. The van der Waals surface area contributed by atoms with Crippen molar-refractivity contribution >= 4 is 29.3 Å². The second-order valence-electron chi connectivity index (χ2n) is 6.66. The van der Waals surface area contributed by atoms with E-state index in [1.165, 1.54) is 0 Å². The molecular formula is C21H22N2O3S. The summed E-state index contributed by atoms with van der Waals surface area (Å²) in [4.78, 5) is 27.1. The van der Waals surface area contributed by atoms with Crippen molar-refractivity contribution in [1.29, 1.82) is 0 Å². The standard InChI is InChI=1S/C21H22N2O3S/c1-2-26-18-11-7-6-10-16(18)22-20(25)17-14-27-21(13-12-19(24)23(17)21)15-8-4-3-5-9-15/h3-11,17H,2,12-14H2,1H3,(H,22,25)/t17-,21-/m1/s1. The number of amides is 2. The number of hydrogen-bond donors (Lipinski definition) is 1. The fraction of sp³-hybridized carbons (Fsp3) is 0.333. The van der Waals surface area contributed by atoms with Crippen molar-refractivity contribution in [2.75, 3.05) is 17.7 Å². The Kier molecular flexibility index (Phi) is 4.83. The third-order valence-electron chi connectivity index (χ3n) is 5.10. The van der Waals surface area contributed by atoms with E-state index in [0.717, 1.165) is 12.0 Å². The molecular weight excluding hydrogens is 360 g/mol. The number of thioether (sulfide) groups is 1.